The highest BCUT2D eigenvalue weighted by Gasteiger charge is 2.38. The number of amides is 1. The lowest BCUT2D eigenvalue weighted by Crippen LogP contribution is -2.44. The van der Waals surface area contributed by atoms with Gasteiger partial charge in [0.15, 0.2) is 17.3 Å². The van der Waals surface area contributed by atoms with Crippen molar-refractivity contribution in [2.75, 3.05) is 32.8 Å². The van der Waals surface area contributed by atoms with Crippen molar-refractivity contribution in [3.63, 3.8) is 0 Å². The van der Waals surface area contributed by atoms with Crippen LogP contribution in [0.2, 0.25) is 0 Å². The Morgan fingerprint density at radius 3 is 2.40 bits per heavy atom. The third-order valence-electron chi connectivity index (χ3n) is 7.17. The normalized spacial score (nSPS) is 21.2. The van der Waals surface area contributed by atoms with E-state index in [-0.39, 0.29) is 41.6 Å². The van der Waals surface area contributed by atoms with Crippen LogP contribution in [-0.2, 0) is 14.8 Å². The summed E-state index contributed by atoms with van der Waals surface area (Å²) in [5.74, 6) is 1.17. The Morgan fingerprint density at radius 1 is 0.914 bits per heavy atom. The molecular formula is C26H30N2O6S. The van der Waals surface area contributed by atoms with Gasteiger partial charge in [-0.3, -0.25) is 9.59 Å². The molecule has 0 N–H and O–H groups in total. The summed E-state index contributed by atoms with van der Waals surface area (Å²) in [5, 5.41) is 0. The first-order valence-electron chi connectivity index (χ1n) is 12.2. The lowest BCUT2D eigenvalue weighted by atomic mass is 9.95. The molecule has 8 nitrogen and oxygen atoms in total. The molecular weight excluding hydrogens is 468 g/mol. The van der Waals surface area contributed by atoms with Crippen LogP contribution in [0.4, 0.5) is 0 Å². The summed E-state index contributed by atoms with van der Waals surface area (Å²) in [6.45, 7) is 3.74. The largest absolute Gasteiger partial charge is 0.486 e. The highest BCUT2D eigenvalue weighted by Crippen LogP contribution is 2.39. The molecule has 1 atom stereocenters. The SMILES string of the molecule is CC(=O)c1cccc(S(=O)(=O)N2CCC(C(=O)N3CCC[C@@H]3c3ccc4c(c3)OCCO4)CC2)c1. The topological polar surface area (TPSA) is 93.2 Å². The van der Waals surface area contributed by atoms with E-state index < -0.39 is 10.0 Å². The fourth-order valence-electron chi connectivity index (χ4n) is 5.25. The number of nitrogens with zero attached hydrogens (tertiary/aromatic N) is 2. The molecule has 0 spiro atoms. The Hall–Kier alpha value is -2.91. The number of likely N-dealkylation sites (tertiary alicyclic amines) is 1. The second-order valence-corrected chi connectivity index (χ2v) is 11.3. The molecule has 186 valence electrons. The van der Waals surface area contributed by atoms with Gasteiger partial charge in [0, 0.05) is 31.1 Å². The molecule has 3 aliphatic rings. The molecule has 5 rings (SSSR count). The van der Waals surface area contributed by atoms with Gasteiger partial charge in [0.05, 0.1) is 10.9 Å². The molecule has 0 aliphatic carbocycles. The standard InChI is InChI=1S/C26H30N2O6S/c1-18(29)20-4-2-5-22(16-20)35(31,32)27-12-9-19(10-13-27)26(30)28-11-3-6-23(28)21-7-8-24-25(17-21)34-15-14-33-24/h2,4-5,7-8,16-17,19,23H,3,6,9-15H2,1H3/t23-/m1/s1. The Bertz CT molecular complexity index is 1240. The number of ether oxygens (including phenoxy) is 2. The fraction of sp³-hybridized carbons (Fsp3) is 0.462. The number of piperidine rings is 1. The molecule has 1 amide bonds. The van der Waals surface area contributed by atoms with E-state index in [0.717, 1.165) is 29.9 Å². The minimum atomic E-state index is -3.72. The lowest BCUT2D eigenvalue weighted by Gasteiger charge is -2.34. The predicted octanol–water partition coefficient (Wildman–Crippen LogP) is 3.42. The first-order chi connectivity index (χ1) is 16.8. The van der Waals surface area contributed by atoms with Gasteiger partial charge in [0.25, 0.3) is 0 Å². The zero-order valence-electron chi connectivity index (χ0n) is 19.8. The van der Waals surface area contributed by atoms with Gasteiger partial charge in [-0.05, 0) is 62.4 Å². The average molecular weight is 499 g/mol. The molecule has 9 heteroatoms. The molecule has 2 aromatic rings. The highest BCUT2D eigenvalue weighted by atomic mass is 32.2. The maximum atomic E-state index is 13.5. The van der Waals surface area contributed by atoms with Crippen LogP contribution in [0.25, 0.3) is 0 Å². The predicted molar refractivity (Wildman–Crippen MR) is 129 cm³/mol. The van der Waals surface area contributed by atoms with Crippen molar-refractivity contribution in [1.29, 1.82) is 0 Å². The first kappa shape index (κ1) is 23.8. The molecule has 0 aromatic heterocycles. The molecule has 3 aliphatic heterocycles. The third-order valence-corrected chi connectivity index (χ3v) is 9.06. The van der Waals surface area contributed by atoms with E-state index >= 15 is 0 Å². The maximum absolute atomic E-state index is 13.5. The number of hydrogen-bond acceptors (Lipinski definition) is 6. The van der Waals surface area contributed by atoms with E-state index in [1.165, 1.54) is 23.4 Å². The van der Waals surface area contributed by atoms with E-state index in [9.17, 15) is 18.0 Å². The van der Waals surface area contributed by atoms with Crippen molar-refractivity contribution < 1.29 is 27.5 Å². The lowest BCUT2D eigenvalue weighted by molar-refractivity contribution is -0.137. The summed E-state index contributed by atoms with van der Waals surface area (Å²) in [7, 11) is -3.72. The average Bonchev–Trinajstić information content (AvgIpc) is 3.38. The van der Waals surface area contributed by atoms with Crippen LogP contribution < -0.4 is 9.47 Å². The van der Waals surface area contributed by atoms with Gasteiger partial charge >= 0.3 is 0 Å². The zero-order valence-corrected chi connectivity index (χ0v) is 20.6. The minimum Gasteiger partial charge on any atom is -0.486 e. The Morgan fingerprint density at radius 2 is 1.66 bits per heavy atom. The molecule has 2 fully saturated rings. The van der Waals surface area contributed by atoms with E-state index in [1.54, 1.807) is 12.1 Å². The fourth-order valence-corrected chi connectivity index (χ4v) is 6.76. The number of Topliss-reactive ketones (excluding diaryl/α,β-unsaturated/α-hetero) is 1. The van der Waals surface area contributed by atoms with Gasteiger partial charge in [-0.2, -0.15) is 4.31 Å². The molecule has 2 saturated heterocycles. The van der Waals surface area contributed by atoms with E-state index in [0.29, 0.717) is 38.2 Å². The van der Waals surface area contributed by atoms with Crippen molar-refractivity contribution in [2.45, 2.75) is 43.5 Å². The van der Waals surface area contributed by atoms with E-state index in [1.807, 2.05) is 23.1 Å². The summed E-state index contributed by atoms with van der Waals surface area (Å²) >= 11 is 0. The summed E-state index contributed by atoms with van der Waals surface area (Å²) in [5.41, 5.74) is 1.42. The summed E-state index contributed by atoms with van der Waals surface area (Å²) in [6, 6.07) is 12.0. The molecule has 0 unspecified atom stereocenters. The minimum absolute atomic E-state index is 0.00518. The Labute approximate surface area is 205 Å². The van der Waals surface area contributed by atoms with E-state index in [2.05, 4.69) is 0 Å². The number of rotatable bonds is 5. The number of hydrogen-bond donors (Lipinski definition) is 0. The van der Waals surface area contributed by atoms with Crippen molar-refractivity contribution in [3.8, 4) is 11.5 Å². The van der Waals surface area contributed by atoms with Crippen LogP contribution in [0.1, 0.15) is 54.6 Å². The summed E-state index contributed by atoms with van der Waals surface area (Å²) in [4.78, 5) is 27.2. The van der Waals surface area contributed by atoms with Crippen LogP contribution in [-0.4, -0.2) is 62.2 Å². The summed E-state index contributed by atoms with van der Waals surface area (Å²) in [6.07, 6.45) is 2.79. The smallest absolute Gasteiger partial charge is 0.243 e. The maximum Gasteiger partial charge on any atom is 0.243 e. The Balaban J connectivity index is 1.26. The third kappa shape index (κ3) is 4.67. The van der Waals surface area contributed by atoms with Crippen molar-refractivity contribution in [1.82, 2.24) is 9.21 Å². The number of carbonyl (C=O) groups is 2. The quantitative estimate of drug-likeness (QED) is 0.587. The second kappa shape index (κ2) is 9.62. The van der Waals surface area contributed by atoms with Crippen LogP contribution in [0, 0.1) is 5.92 Å². The monoisotopic (exact) mass is 498 g/mol. The van der Waals surface area contributed by atoms with Gasteiger partial charge in [-0.1, -0.05) is 18.2 Å². The van der Waals surface area contributed by atoms with Crippen LogP contribution in [0.3, 0.4) is 0 Å². The molecule has 0 radical (unpaired) electrons. The van der Waals surface area contributed by atoms with Crippen molar-refractivity contribution >= 4 is 21.7 Å². The number of sulfonamides is 1. The highest BCUT2D eigenvalue weighted by molar-refractivity contribution is 7.89. The molecule has 0 bridgehead atoms. The van der Waals surface area contributed by atoms with Crippen LogP contribution >= 0.6 is 0 Å². The van der Waals surface area contributed by atoms with Gasteiger partial charge in [-0.25, -0.2) is 8.42 Å². The van der Waals surface area contributed by atoms with Gasteiger partial charge in [0.2, 0.25) is 15.9 Å². The number of benzene rings is 2. The van der Waals surface area contributed by atoms with Gasteiger partial charge in [-0.15, -0.1) is 0 Å². The zero-order chi connectivity index (χ0) is 24.6. The molecule has 2 aromatic carbocycles. The summed E-state index contributed by atoms with van der Waals surface area (Å²) < 4.78 is 39.1. The Kier molecular flexibility index (Phi) is 6.55. The molecule has 3 heterocycles. The van der Waals surface area contributed by atoms with Crippen molar-refractivity contribution in [2.24, 2.45) is 5.92 Å². The van der Waals surface area contributed by atoms with Crippen LogP contribution in [0.15, 0.2) is 47.4 Å². The number of ketones is 1. The van der Waals surface area contributed by atoms with Gasteiger partial charge in [0.1, 0.15) is 13.2 Å². The van der Waals surface area contributed by atoms with E-state index in [4.69, 9.17) is 9.47 Å². The van der Waals surface area contributed by atoms with Crippen LogP contribution in [0.5, 0.6) is 11.5 Å². The van der Waals surface area contributed by atoms with Crippen molar-refractivity contribution in [3.05, 3.63) is 53.6 Å². The molecule has 35 heavy (non-hydrogen) atoms. The molecule has 0 saturated carbocycles. The second-order valence-electron chi connectivity index (χ2n) is 9.36. The number of carbonyl (C=O) groups excluding carboxylic acids is 2. The number of fused-ring (bicyclic) bond motifs is 1. The first-order valence-corrected chi connectivity index (χ1v) is 13.6. The van der Waals surface area contributed by atoms with Gasteiger partial charge < -0.3 is 14.4 Å².